The van der Waals surface area contributed by atoms with Crippen LogP contribution < -0.4 is 0 Å². The molecule has 84 valence electrons. The van der Waals surface area contributed by atoms with Crippen LogP contribution >= 0.6 is 27.7 Å². The molecule has 4 heteroatoms. The molecule has 1 aromatic rings. The van der Waals surface area contributed by atoms with Gasteiger partial charge in [0, 0.05) is 11.3 Å². The Labute approximate surface area is 102 Å². The Bertz CT molecular complexity index is 319. The van der Waals surface area contributed by atoms with Gasteiger partial charge < -0.3 is 5.11 Å². The van der Waals surface area contributed by atoms with Crippen LogP contribution in [0.5, 0.6) is 0 Å². The molecule has 1 aromatic carbocycles. The van der Waals surface area contributed by atoms with Gasteiger partial charge in [-0.15, -0.1) is 0 Å². The second kappa shape index (κ2) is 6.51. The molecular weight excluding hydrogens is 279 g/mol. The Morgan fingerprint density at radius 3 is 2.93 bits per heavy atom. The second-order valence-corrected chi connectivity index (χ2v) is 5.24. The number of halogens is 2. The molecule has 1 atom stereocenters. The summed E-state index contributed by atoms with van der Waals surface area (Å²) in [7, 11) is 0. The van der Waals surface area contributed by atoms with E-state index in [1.165, 1.54) is 0 Å². The van der Waals surface area contributed by atoms with Gasteiger partial charge >= 0.3 is 0 Å². The van der Waals surface area contributed by atoms with Crippen LogP contribution in [-0.4, -0.2) is 16.6 Å². The van der Waals surface area contributed by atoms with Crippen molar-refractivity contribution in [2.75, 3.05) is 11.5 Å². The van der Waals surface area contributed by atoms with Crippen molar-refractivity contribution in [3.63, 3.8) is 0 Å². The molecule has 0 aromatic heterocycles. The van der Waals surface area contributed by atoms with Gasteiger partial charge in [0.2, 0.25) is 0 Å². The van der Waals surface area contributed by atoms with E-state index < -0.39 is 6.10 Å². The number of hydrogen-bond acceptors (Lipinski definition) is 2. The summed E-state index contributed by atoms with van der Waals surface area (Å²) in [5, 5.41) is 9.77. The van der Waals surface area contributed by atoms with Crippen LogP contribution in [0.3, 0.4) is 0 Å². The lowest BCUT2D eigenvalue weighted by Gasteiger charge is -2.11. The van der Waals surface area contributed by atoms with Gasteiger partial charge in [0.05, 0.1) is 10.6 Å². The molecule has 1 N–H and O–H groups in total. The molecule has 15 heavy (non-hydrogen) atoms. The van der Waals surface area contributed by atoms with Crippen molar-refractivity contribution in [1.29, 1.82) is 0 Å². The number of thioether (sulfide) groups is 1. The van der Waals surface area contributed by atoms with Crippen LogP contribution in [0.1, 0.15) is 25.0 Å². The average Bonchev–Trinajstić information content (AvgIpc) is 2.22. The first-order chi connectivity index (χ1) is 7.16. The molecule has 0 spiro atoms. The number of benzene rings is 1. The van der Waals surface area contributed by atoms with Crippen molar-refractivity contribution in [3.8, 4) is 0 Å². The molecule has 0 aliphatic heterocycles. The summed E-state index contributed by atoms with van der Waals surface area (Å²) in [6, 6.07) is 4.98. The fraction of sp³-hybridized carbons (Fsp3) is 0.455. The number of hydrogen-bond donors (Lipinski definition) is 1. The predicted octanol–water partition coefficient (Wildman–Crippen LogP) is 3.76. The second-order valence-electron chi connectivity index (χ2n) is 3.23. The number of aliphatic hydroxyl groups excluding tert-OH is 1. The first kappa shape index (κ1) is 13.0. The van der Waals surface area contributed by atoms with Crippen LogP contribution in [0.4, 0.5) is 4.39 Å². The summed E-state index contributed by atoms with van der Waals surface area (Å²) < 4.78 is 13.9. The van der Waals surface area contributed by atoms with Crippen molar-refractivity contribution in [2.45, 2.75) is 19.4 Å². The van der Waals surface area contributed by atoms with E-state index in [-0.39, 0.29) is 5.82 Å². The van der Waals surface area contributed by atoms with E-state index in [9.17, 15) is 9.50 Å². The van der Waals surface area contributed by atoms with Gasteiger partial charge in [0.15, 0.2) is 0 Å². The molecule has 1 unspecified atom stereocenters. The molecule has 0 amide bonds. The van der Waals surface area contributed by atoms with Gasteiger partial charge in [0.25, 0.3) is 0 Å². The van der Waals surface area contributed by atoms with Gasteiger partial charge in [-0.05, 0) is 34.2 Å². The Morgan fingerprint density at radius 1 is 1.53 bits per heavy atom. The highest BCUT2D eigenvalue weighted by Gasteiger charge is 2.14. The molecule has 1 rings (SSSR count). The summed E-state index contributed by atoms with van der Waals surface area (Å²) in [5.74, 6) is 1.18. The molecule has 0 fully saturated rings. The maximum Gasteiger partial charge on any atom is 0.143 e. The van der Waals surface area contributed by atoms with Crippen LogP contribution in [0, 0.1) is 5.82 Å². The Balaban J connectivity index is 2.65. The standard InChI is InChI=1S/C11H14BrFOS/c1-2-6-15-7-10(14)8-4-3-5-9(12)11(8)13/h3-5,10,14H,2,6-7H2,1H3. The SMILES string of the molecule is CCCSCC(O)c1cccc(Br)c1F. The highest BCUT2D eigenvalue weighted by Crippen LogP contribution is 2.26. The minimum Gasteiger partial charge on any atom is -0.387 e. The Hall–Kier alpha value is -0.0600. The molecule has 0 bridgehead atoms. The number of rotatable bonds is 5. The maximum atomic E-state index is 13.5. The maximum absolute atomic E-state index is 13.5. The van der Waals surface area contributed by atoms with Crippen molar-refractivity contribution < 1.29 is 9.50 Å². The molecule has 1 nitrogen and oxygen atoms in total. The van der Waals surface area contributed by atoms with Crippen LogP contribution in [0.15, 0.2) is 22.7 Å². The van der Waals surface area contributed by atoms with Crippen LogP contribution in [0.25, 0.3) is 0 Å². The first-order valence-corrected chi connectivity index (χ1v) is 6.81. The van der Waals surface area contributed by atoms with Gasteiger partial charge in [-0.25, -0.2) is 4.39 Å². The van der Waals surface area contributed by atoms with Gasteiger partial charge in [-0.2, -0.15) is 11.8 Å². The first-order valence-electron chi connectivity index (χ1n) is 4.86. The quantitative estimate of drug-likeness (QED) is 0.834. The molecular formula is C11H14BrFOS. The van der Waals surface area contributed by atoms with Crippen LogP contribution in [0.2, 0.25) is 0 Å². The zero-order valence-corrected chi connectivity index (χ0v) is 10.9. The molecule has 0 saturated heterocycles. The van der Waals surface area contributed by atoms with E-state index in [0.717, 1.165) is 12.2 Å². The van der Waals surface area contributed by atoms with Crippen molar-refractivity contribution in [2.24, 2.45) is 0 Å². The smallest absolute Gasteiger partial charge is 0.143 e. The van der Waals surface area contributed by atoms with Crippen molar-refractivity contribution >= 4 is 27.7 Å². The van der Waals surface area contributed by atoms with Gasteiger partial charge in [-0.3, -0.25) is 0 Å². The molecule has 0 aliphatic rings. The Morgan fingerprint density at radius 2 is 2.27 bits per heavy atom. The largest absolute Gasteiger partial charge is 0.387 e. The third kappa shape index (κ3) is 3.78. The Kier molecular flexibility index (Phi) is 5.64. The predicted molar refractivity (Wildman–Crippen MR) is 66.7 cm³/mol. The topological polar surface area (TPSA) is 20.2 Å². The third-order valence-electron chi connectivity index (χ3n) is 1.96. The zero-order chi connectivity index (χ0) is 11.3. The average molecular weight is 293 g/mol. The molecule has 0 radical (unpaired) electrons. The highest BCUT2D eigenvalue weighted by molar-refractivity contribution is 9.10. The molecule has 0 heterocycles. The zero-order valence-electron chi connectivity index (χ0n) is 8.54. The summed E-state index contributed by atoms with van der Waals surface area (Å²) in [6.07, 6.45) is 0.345. The lowest BCUT2D eigenvalue weighted by atomic mass is 10.1. The van der Waals surface area contributed by atoms with E-state index in [4.69, 9.17) is 0 Å². The highest BCUT2D eigenvalue weighted by atomic mass is 79.9. The van der Waals surface area contributed by atoms with Gasteiger partial charge in [0.1, 0.15) is 5.82 Å². The van der Waals surface area contributed by atoms with Crippen molar-refractivity contribution in [3.05, 3.63) is 34.1 Å². The molecule has 0 aliphatic carbocycles. The fourth-order valence-electron chi connectivity index (χ4n) is 1.21. The van der Waals surface area contributed by atoms with Crippen molar-refractivity contribution in [1.82, 2.24) is 0 Å². The third-order valence-corrected chi connectivity index (χ3v) is 3.83. The summed E-state index contributed by atoms with van der Waals surface area (Å²) in [5.41, 5.74) is 0.368. The van der Waals surface area contributed by atoms with E-state index in [1.807, 2.05) is 0 Å². The monoisotopic (exact) mass is 292 g/mol. The minimum atomic E-state index is -0.723. The van der Waals surface area contributed by atoms with E-state index >= 15 is 0 Å². The van der Waals surface area contributed by atoms with Crippen LogP contribution in [-0.2, 0) is 0 Å². The molecule has 0 saturated carbocycles. The van der Waals surface area contributed by atoms with E-state index in [1.54, 1.807) is 30.0 Å². The normalized spacial score (nSPS) is 12.8. The number of aliphatic hydroxyl groups is 1. The minimum absolute atomic E-state index is 0.359. The van der Waals surface area contributed by atoms with E-state index in [2.05, 4.69) is 22.9 Å². The fourth-order valence-corrected chi connectivity index (χ4v) is 2.45. The van der Waals surface area contributed by atoms with E-state index in [0.29, 0.717) is 15.8 Å². The van der Waals surface area contributed by atoms with Gasteiger partial charge in [-0.1, -0.05) is 19.1 Å². The summed E-state index contributed by atoms with van der Waals surface area (Å²) in [4.78, 5) is 0. The lowest BCUT2D eigenvalue weighted by molar-refractivity contribution is 0.198. The summed E-state index contributed by atoms with van der Waals surface area (Å²) >= 11 is 4.74. The lowest BCUT2D eigenvalue weighted by Crippen LogP contribution is -2.04. The summed E-state index contributed by atoms with van der Waals surface area (Å²) in [6.45, 7) is 2.08.